The van der Waals surface area contributed by atoms with E-state index in [4.69, 9.17) is 9.84 Å². The molecule has 2 N–H and O–H groups in total. The van der Waals surface area contributed by atoms with Gasteiger partial charge in [-0.1, -0.05) is 127 Å². The molecule has 1 unspecified atom stereocenters. The van der Waals surface area contributed by atoms with Crippen LogP contribution in [0.2, 0.25) is 0 Å². The first-order chi connectivity index (χ1) is 21.5. The van der Waals surface area contributed by atoms with Gasteiger partial charge in [0.1, 0.15) is 12.6 Å². The van der Waals surface area contributed by atoms with Crippen molar-refractivity contribution in [1.29, 1.82) is 0 Å². The number of carboxylic acid groups (broad SMARTS) is 1. The second kappa shape index (κ2) is 33.5. The van der Waals surface area contributed by atoms with Gasteiger partial charge in [-0.05, 0) is 70.6 Å². The molecule has 0 aliphatic heterocycles. The fourth-order valence-corrected chi connectivity index (χ4v) is 5.16. The smallest absolute Gasteiger partial charge is 0.322 e. The second-order valence-electron chi connectivity index (χ2n) is 12.1. The molecule has 0 aromatic heterocycles. The Labute approximate surface area is 270 Å². The molecule has 0 aliphatic rings. The number of hydrogen-bond donors (Lipinski definition) is 2. The summed E-state index contributed by atoms with van der Waals surface area (Å²) in [5.41, 5.74) is 0. The minimum atomic E-state index is -1.03. The molecule has 0 saturated carbocycles. The fourth-order valence-electron chi connectivity index (χ4n) is 5.16. The number of amides is 1. The third-order valence-electron chi connectivity index (χ3n) is 7.80. The van der Waals surface area contributed by atoms with Gasteiger partial charge >= 0.3 is 11.9 Å². The predicted octanol–water partition coefficient (Wildman–Crippen LogP) is 10.6. The Kier molecular flexibility index (Phi) is 31.7. The van der Waals surface area contributed by atoms with Crippen molar-refractivity contribution >= 4 is 17.8 Å². The van der Waals surface area contributed by atoms with Crippen LogP contribution in [0, 0.1) is 0 Å². The first kappa shape index (κ1) is 41.6. The Hall–Kier alpha value is -2.37. The molecule has 44 heavy (non-hydrogen) atoms. The maximum atomic E-state index is 12.3. The summed E-state index contributed by atoms with van der Waals surface area (Å²) in [4.78, 5) is 34.4. The van der Waals surface area contributed by atoms with Crippen molar-refractivity contribution in [1.82, 2.24) is 5.32 Å². The standard InChI is InChI=1S/C38H67NO5/c1-3-5-6-7-8-9-10-11-12-13-14-15-16-17-18-19-20-21-22-23-24-25-29-33-38(43)44-35(30-4-2)31-27-26-28-32-36(40)39-34-37(41)42/h10-11,13-14,16-17,35H,3-9,12,15,18-34H2,1-2H3,(H,39,40)(H,41,42)/b11-10-,14-13-,17-16-. The van der Waals surface area contributed by atoms with Crippen LogP contribution in [-0.4, -0.2) is 35.6 Å². The lowest BCUT2D eigenvalue weighted by Crippen LogP contribution is -2.28. The third-order valence-corrected chi connectivity index (χ3v) is 7.80. The molecule has 0 heterocycles. The number of nitrogens with one attached hydrogen (secondary N) is 1. The van der Waals surface area contributed by atoms with E-state index in [9.17, 15) is 14.4 Å². The highest BCUT2D eigenvalue weighted by molar-refractivity contribution is 5.80. The summed E-state index contributed by atoms with van der Waals surface area (Å²) >= 11 is 0. The Morgan fingerprint density at radius 3 is 1.66 bits per heavy atom. The van der Waals surface area contributed by atoms with E-state index in [0.29, 0.717) is 19.3 Å². The third kappa shape index (κ3) is 32.5. The monoisotopic (exact) mass is 618 g/mol. The maximum Gasteiger partial charge on any atom is 0.322 e. The Morgan fingerprint density at radius 1 is 0.591 bits per heavy atom. The zero-order chi connectivity index (χ0) is 32.4. The molecule has 0 saturated heterocycles. The number of carboxylic acids is 1. The van der Waals surface area contributed by atoms with Crippen molar-refractivity contribution in [2.24, 2.45) is 0 Å². The first-order valence-corrected chi connectivity index (χ1v) is 18.1. The summed E-state index contributed by atoms with van der Waals surface area (Å²) in [6.45, 7) is 4.03. The molecule has 0 radical (unpaired) electrons. The van der Waals surface area contributed by atoms with Crippen molar-refractivity contribution in [3.05, 3.63) is 36.5 Å². The summed E-state index contributed by atoms with van der Waals surface area (Å²) in [7, 11) is 0. The molecular weight excluding hydrogens is 550 g/mol. The number of allylic oxidation sites excluding steroid dienone is 6. The van der Waals surface area contributed by atoms with Crippen LogP contribution >= 0.6 is 0 Å². The van der Waals surface area contributed by atoms with Crippen LogP contribution in [0.15, 0.2) is 36.5 Å². The molecule has 6 heteroatoms. The van der Waals surface area contributed by atoms with E-state index in [-0.39, 0.29) is 24.5 Å². The Morgan fingerprint density at radius 2 is 1.09 bits per heavy atom. The zero-order valence-electron chi connectivity index (χ0n) is 28.5. The molecule has 0 rings (SSSR count). The molecule has 0 fully saturated rings. The van der Waals surface area contributed by atoms with Gasteiger partial charge < -0.3 is 15.2 Å². The molecule has 0 aliphatic carbocycles. The van der Waals surface area contributed by atoms with Crippen molar-refractivity contribution in [3.8, 4) is 0 Å². The van der Waals surface area contributed by atoms with Crippen LogP contribution in [0.1, 0.15) is 174 Å². The molecule has 0 aromatic rings. The number of esters is 1. The molecular formula is C38H67NO5. The zero-order valence-corrected chi connectivity index (χ0v) is 28.5. The van der Waals surface area contributed by atoms with Gasteiger partial charge in [0, 0.05) is 12.8 Å². The number of aliphatic carboxylic acids is 1. The van der Waals surface area contributed by atoms with Crippen LogP contribution in [0.3, 0.4) is 0 Å². The summed E-state index contributed by atoms with van der Waals surface area (Å²) in [5.74, 6) is -1.35. The summed E-state index contributed by atoms with van der Waals surface area (Å²) in [6, 6.07) is 0. The number of ether oxygens (including phenoxy) is 1. The molecule has 6 nitrogen and oxygen atoms in total. The van der Waals surface area contributed by atoms with Crippen LogP contribution in [0.25, 0.3) is 0 Å². The van der Waals surface area contributed by atoms with Gasteiger partial charge in [-0.25, -0.2) is 0 Å². The highest BCUT2D eigenvalue weighted by atomic mass is 16.5. The molecule has 0 aromatic carbocycles. The fraction of sp³-hybridized carbons (Fsp3) is 0.763. The van der Waals surface area contributed by atoms with E-state index in [1.165, 1.54) is 83.5 Å². The molecule has 0 bridgehead atoms. The van der Waals surface area contributed by atoms with E-state index in [0.717, 1.165) is 57.8 Å². The summed E-state index contributed by atoms with van der Waals surface area (Å²) in [5, 5.41) is 11.0. The summed E-state index contributed by atoms with van der Waals surface area (Å²) < 4.78 is 5.74. The van der Waals surface area contributed by atoms with Crippen LogP contribution in [-0.2, 0) is 19.1 Å². The van der Waals surface area contributed by atoms with E-state index in [2.05, 4.69) is 55.6 Å². The Bertz CT molecular complexity index is 773. The lowest BCUT2D eigenvalue weighted by atomic mass is 10.0. The van der Waals surface area contributed by atoms with Gasteiger partial charge in [-0.2, -0.15) is 0 Å². The molecule has 254 valence electrons. The molecule has 0 spiro atoms. The van der Waals surface area contributed by atoms with Crippen LogP contribution < -0.4 is 5.32 Å². The predicted molar refractivity (Wildman–Crippen MR) is 185 cm³/mol. The van der Waals surface area contributed by atoms with Crippen molar-refractivity contribution in [2.45, 2.75) is 180 Å². The highest BCUT2D eigenvalue weighted by Crippen LogP contribution is 2.16. The van der Waals surface area contributed by atoms with Gasteiger partial charge in [0.2, 0.25) is 5.91 Å². The lowest BCUT2D eigenvalue weighted by molar-refractivity contribution is -0.150. The Balaban J connectivity index is 3.60. The van der Waals surface area contributed by atoms with Gasteiger partial charge in [-0.3, -0.25) is 14.4 Å². The summed E-state index contributed by atoms with van der Waals surface area (Å²) in [6.07, 6.45) is 40.6. The average Bonchev–Trinajstić information content (AvgIpc) is 3.00. The number of unbranched alkanes of at least 4 members (excludes halogenated alkanes) is 15. The van der Waals surface area contributed by atoms with E-state index >= 15 is 0 Å². The van der Waals surface area contributed by atoms with Gasteiger partial charge in [-0.15, -0.1) is 0 Å². The minimum absolute atomic E-state index is 0.0402. The molecule has 1 atom stereocenters. The van der Waals surface area contributed by atoms with Gasteiger partial charge in [0.25, 0.3) is 0 Å². The SMILES string of the molecule is CCCCCCC/C=C\C/C=C\C/C=C\CCCCCCCCCCC(=O)OC(CCC)CCCCCC(=O)NCC(=O)O. The normalized spacial score (nSPS) is 12.4. The quantitative estimate of drug-likeness (QED) is 0.0445. The number of carbonyl (C=O) groups is 3. The second-order valence-corrected chi connectivity index (χ2v) is 12.1. The van der Waals surface area contributed by atoms with E-state index in [1.807, 2.05) is 0 Å². The van der Waals surface area contributed by atoms with Crippen molar-refractivity contribution in [2.75, 3.05) is 6.54 Å². The number of hydrogen-bond acceptors (Lipinski definition) is 4. The van der Waals surface area contributed by atoms with Gasteiger partial charge in [0.05, 0.1) is 0 Å². The van der Waals surface area contributed by atoms with Crippen molar-refractivity contribution < 1.29 is 24.2 Å². The van der Waals surface area contributed by atoms with Gasteiger partial charge in [0.15, 0.2) is 0 Å². The van der Waals surface area contributed by atoms with E-state index in [1.54, 1.807) is 0 Å². The largest absolute Gasteiger partial charge is 0.480 e. The first-order valence-electron chi connectivity index (χ1n) is 18.1. The minimum Gasteiger partial charge on any atom is -0.480 e. The average molecular weight is 618 g/mol. The number of rotatable bonds is 32. The van der Waals surface area contributed by atoms with Crippen LogP contribution in [0.5, 0.6) is 0 Å². The number of carbonyl (C=O) groups excluding carboxylic acids is 2. The molecule has 1 amide bonds. The maximum absolute atomic E-state index is 12.3. The van der Waals surface area contributed by atoms with Crippen molar-refractivity contribution in [3.63, 3.8) is 0 Å². The lowest BCUT2D eigenvalue weighted by Gasteiger charge is -2.17. The van der Waals surface area contributed by atoms with Crippen LogP contribution in [0.4, 0.5) is 0 Å². The highest BCUT2D eigenvalue weighted by Gasteiger charge is 2.13. The van der Waals surface area contributed by atoms with E-state index < -0.39 is 5.97 Å². The topological polar surface area (TPSA) is 92.7 Å².